The number of nitrogens with zero attached hydrogens (tertiary/aromatic N) is 1. The molecule has 5 rings (SSSR count). The van der Waals surface area contributed by atoms with Gasteiger partial charge in [0.2, 0.25) is 0 Å². The summed E-state index contributed by atoms with van der Waals surface area (Å²) >= 11 is 0. The Morgan fingerprint density at radius 1 is 0.842 bits per heavy atom. The number of ether oxygens (including phenoxy) is 1. The maximum Gasteiger partial charge on any atom is 0.335 e. The van der Waals surface area contributed by atoms with Gasteiger partial charge in [-0.1, -0.05) is 78.9 Å². The molecule has 0 aliphatic rings. The summed E-state index contributed by atoms with van der Waals surface area (Å²) in [6.45, 7) is 0.302. The molecule has 5 aromatic rings. The molecule has 0 fully saturated rings. The molecule has 0 aliphatic carbocycles. The predicted octanol–water partition coefficient (Wildman–Crippen LogP) is 6.82. The summed E-state index contributed by atoms with van der Waals surface area (Å²) in [5.41, 5.74) is 1.79. The zero-order chi connectivity index (χ0) is 26.5. The lowest BCUT2D eigenvalue weighted by Crippen LogP contribution is -2.14. The molecule has 6 nitrogen and oxygen atoms in total. The molecule has 2 N–H and O–H groups in total. The zero-order valence-corrected chi connectivity index (χ0v) is 20.2. The summed E-state index contributed by atoms with van der Waals surface area (Å²) in [5, 5.41) is 25.7. The quantitative estimate of drug-likeness (QED) is 0.190. The lowest BCUT2D eigenvalue weighted by atomic mass is 10.0. The van der Waals surface area contributed by atoms with Crippen molar-refractivity contribution in [3.63, 3.8) is 0 Å². The van der Waals surface area contributed by atoms with Gasteiger partial charge in [-0.2, -0.15) is 5.26 Å². The van der Waals surface area contributed by atoms with Crippen LogP contribution in [0.1, 0.15) is 21.5 Å². The van der Waals surface area contributed by atoms with Gasteiger partial charge in [0.05, 0.1) is 5.56 Å². The van der Waals surface area contributed by atoms with E-state index in [4.69, 9.17) is 4.74 Å². The summed E-state index contributed by atoms with van der Waals surface area (Å²) in [4.78, 5) is 24.3. The molecule has 0 aliphatic heterocycles. The molecule has 0 aromatic heterocycles. The molecular formula is C32H22N2O4. The minimum atomic E-state index is -1.11. The van der Waals surface area contributed by atoms with Crippen LogP contribution in [-0.2, 0) is 11.4 Å². The number of aromatic carboxylic acids is 1. The summed E-state index contributed by atoms with van der Waals surface area (Å²) in [6, 6.07) is 33.4. The highest BCUT2D eigenvalue weighted by molar-refractivity contribution is 6.11. The van der Waals surface area contributed by atoms with E-state index < -0.39 is 11.9 Å². The largest absolute Gasteiger partial charge is 0.488 e. The van der Waals surface area contributed by atoms with E-state index in [9.17, 15) is 20.0 Å². The number of carboxylic acids is 1. The summed E-state index contributed by atoms with van der Waals surface area (Å²) in [6.07, 6.45) is 1.51. The highest BCUT2D eigenvalue weighted by Crippen LogP contribution is 2.32. The van der Waals surface area contributed by atoms with Crippen molar-refractivity contribution in [3.8, 4) is 11.8 Å². The molecular weight excluding hydrogens is 476 g/mol. The number of carbonyl (C=O) groups is 2. The Bertz CT molecular complexity index is 1760. The number of rotatable bonds is 7. The summed E-state index contributed by atoms with van der Waals surface area (Å²) < 4.78 is 6.27. The molecule has 38 heavy (non-hydrogen) atoms. The first-order valence-electron chi connectivity index (χ1n) is 11.9. The fourth-order valence-electron chi connectivity index (χ4n) is 4.35. The van der Waals surface area contributed by atoms with Gasteiger partial charge in [-0.3, -0.25) is 4.79 Å². The molecule has 0 heterocycles. The average molecular weight is 499 g/mol. The molecule has 184 valence electrons. The van der Waals surface area contributed by atoms with Crippen molar-refractivity contribution >= 4 is 45.2 Å². The number of hydrogen-bond acceptors (Lipinski definition) is 4. The number of carbonyl (C=O) groups excluding carboxylic acids is 1. The standard InChI is InChI=1S/C32H22N2O4/c33-19-25(31(35)34-26-12-6-10-23(17-26)32(36)37)18-29-28-14-4-2-8-22(28)15-16-30(29)38-20-24-11-5-9-21-7-1-3-13-27(21)24/h1-18H,20H2,(H,34,35)(H,36,37)/b25-18+. The van der Waals surface area contributed by atoms with Gasteiger partial charge in [0.15, 0.2) is 0 Å². The first kappa shape index (κ1) is 24.3. The number of fused-ring (bicyclic) bond motifs is 2. The van der Waals surface area contributed by atoms with E-state index in [1.54, 1.807) is 6.07 Å². The number of anilines is 1. The Kier molecular flexibility index (Phi) is 6.83. The van der Waals surface area contributed by atoms with Gasteiger partial charge in [0, 0.05) is 11.3 Å². The maximum absolute atomic E-state index is 13.0. The number of hydrogen-bond donors (Lipinski definition) is 2. The van der Waals surface area contributed by atoms with E-state index >= 15 is 0 Å². The van der Waals surface area contributed by atoms with Crippen molar-refractivity contribution in [2.45, 2.75) is 6.61 Å². The van der Waals surface area contributed by atoms with Crippen LogP contribution in [0, 0.1) is 11.3 Å². The lowest BCUT2D eigenvalue weighted by Gasteiger charge is -2.14. The van der Waals surface area contributed by atoms with Crippen LogP contribution in [0.15, 0.2) is 109 Å². The first-order chi connectivity index (χ1) is 18.5. The Labute approximate surface area is 219 Å². The summed E-state index contributed by atoms with van der Waals surface area (Å²) in [5.74, 6) is -1.23. The normalized spacial score (nSPS) is 11.2. The minimum Gasteiger partial charge on any atom is -0.488 e. The van der Waals surface area contributed by atoms with Gasteiger partial charge in [-0.15, -0.1) is 0 Å². The smallest absolute Gasteiger partial charge is 0.335 e. The second-order valence-corrected chi connectivity index (χ2v) is 8.64. The van der Waals surface area contributed by atoms with Crippen molar-refractivity contribution in [1.29, 1.82) is 5.26 Å². The van der Waals surface area contributed by atoms with Gasteiger partial charge >= 0.3 is 5.97 Å². The molecule has 6 heteroatoms. The number of nitriles is 1. The second-order valence-electron chi connectivity index (χ2n) is 8.64. The molecule has 0 spiro atoms. The van der Waals surface area contributed by atoms with Crippen molar-refractivity contribution in [2.24, 2.45) is 0 Å². The summed E-state index contributed by atoms with van der Waals surface area (Å²) in [7, 11) is 0. The molecule has 0 bridgehead atoms. The van der Waals surface area contributed by atoms with E-state index in [0.717, 1.165) is 27.1 Å². The van der Waals surface area contributed by atoms with E-state index in [1.165, 1.54) is 24.3 Å². The Morgan fingerprint density at radius 2 is 1.53 bits per heavy atom. The highest BCUT2D eigenvalue weighted by atomic mass is 16.5. The van der Waals surface area contributed by atoms with Crippen molar-refractivity contribution in [3.05, 3.63) is 125 Å². The number of nitrogens with one attached hydrogen (secondary N) is 1. The van der Waals surface area contributed by atoms with Gasteiger partial charge in [0.25, 0.3) is 5.91 Å². The van der Waals surface area contributed by atoms with E-state index in [2.05, 4.69) is 5.32 Å². The minimum absolute atomic E-state index is 0.0310. The predicted molar refractivity (Wildman–Crippen MR) is 148 cm³/mol. The third-order valence-corrected chi connectivity index (χ3v) is 6.21. The van der Waals surface area contributed by atoms with E-state index in [0.29, 0.717) is 17.9 Å². The van der Waals surface area contributed by atoms with Crippen molar-refractivity contribution in [1.82, 2.24) is 0 Å². The second kappa shape index (κ2) is 10.7. The van der Waals surface area contributed by atoms with Gasteiger partial charge in [-0.25, -0.2) is 4.79 Å². The molecule has 0 saturated heterocycles. The third kappa shape index (κ3) is 5.08. The molecule has 0 atom stereocenters. The molecule has 0 radical (unpaired) electrons. The zero-order valence-electron chi connectivity index (χ0n) is 20.2. The van der Waals surface area contributed by atoms with Gasteiger partial charge in [-0.05, 0) is 57.4 Å². The number of carboxylic acid groups (broad SMARTS) is 1. The lowest BCUT2D eigenvalue weighted by molar-refractivity contribution is -0.112. The van der Waals surface area contributed by atoms with Crippen LogP contribution in [0.25, 0.3) is 27.6 Å². The number of benzene rings is 5. The van der Waals surface area contributed by atoms with Crippen molar-refractivity contribution in [2.75, 3.05) is 5.32 Å². The van der Waals surface area contributed by atoms with Crippen LogP contribution < -0.4 is 10.1 Å². The van der Waals surface area contributed by atoms with Crippen LogP contribution in [0.2, 0.25) is 0 Å². The van der Waals surface area contributed by atoms with Gasteiger partial charge in [0.1, 0.15) is 24.0 Å². The third-order valence-electron chi connectivity index (χ3n) is 6.21. The number of amides is 1. The average Bonchev–Trinajstić information content (AvgIpc) is 2.95. The Hall–Kier alpha value is -5.41. The van der Waals surface area contributed by atoms with Crippen molar-refractivity contribution < 1.29 is 19.4 Å². The van der Waals surface area contributed by atoms with Crippen LogP contribution in [0.3, 0.4) is 0 Å². The van der Waals surface area contributed by atoms with E-state index in [-0.39, 0.29) is 16.8 Å². The molecule has 0 unspecified atom stereocenters. The van der Waals surface area contributed by atoms with Crippen LogP contribution >= 0.6 is 0 Å². The first-order valence-corrected chi connectivity index (χ1v) is 11.9. The Balaban J connectivity index is 1.50. The van der Waals surface area contributed by atoms with Crippen LogP contribution in [0.5, 0.6) is 5.75 Å². The highest BCUT2D eigenvalue weighted by Gasteiger charge is 2.15. The fourth-order valence-corrected chi connectivity index (χ4v) is 4.35. The van der Waals surface area contributed by atoms with Gasteiger partial charge < -0.3 is 15.2 Å². The monoisotopic (exact) mass is 498 g/mol. The van der Waals surface area contributed by atoms with Crippen LogP contribution in [0.4, 0.5) is 5.69 Å². The molecule has 0 saturated carbocycles. The SMILES string of the molecule is N#C/C(=C\c1c(OCc2cccc3ccccc23)ccc2ccccc12)C(=O)Nc1cccc(C(=O)O)c1. The van der Waals surface area contributed by atoms with E-state index in [1.807, 2.05) is 84.9 Å². The Morgan fingerprint density at radius 3 is 2.29 bits per heavy atom. The molecule has 1 amide bonds. The maximum atomic E-state index is 13.0. The molecule has 5 aromatic carbocycles. The van der Waals surface area contributed by atoms with Crippen LogP contribution in [-0.4, -0.2) is 17.0 Å². The fraction of sp³-hybridized carbons (Fsp3) is 0.0312. The topological polar surface area (TPSA) is 99.4 Å².